The smallest absolute Gasteiger partial charge is 0.263 e. The van der Waals surface area contributed by atoms with Crippen LogP contribution in [0.2, 0.25) is 0 Å². The van der Waals surface area contributed by atoms with Crippen LogP contribution in [0.15, 0.2) is 41.4 Å². The summed E-state index contributed by atoms with van der Waals surface area (Å²) < 4.78 is 39.9. The van der Waals surface area contributed by atoms with Crippen molar-refractivity contribution in [3.05, 3.63) is 45.9 Å². The monoisotopic (exact) mass is 393 g/mol. The Morgan fingerprint density at radius 1 is 1.26 bits per heavy atom. The van der Waals surface area contributed by atoms with E-state index in [1.807, 2.05) is 22.6 Å². The number of nitrogen functional groups attached to an aromatic ring is 1. The average molecular weight is 393 g/mol. The van der Waals surface area contributed by atoms with Crippen molar-refractivity contribution in [2.75, 3.05) is 10.5 Å². The lowest BCUT2D eigenvalue weighted by Gasteiger charge is -2.09. The van der Waals surface area contributed by atoms with Gasteiger partial charge in [-0.2, -0.15) is 0 Å². The quantitative estimate of drug-likeness (QED) is 0.784. The number of hydrogen-bond acceptors (Lipinski definition) is 4. The number of sulfonamides is 1. The van der Waals surface area contributed by atoms with E-state index in [1.165, 1.54) is 30.3 Å². The minimum Gasteiger partial charge on any atom is -0.384 e. The van der Waals surface area contributed by atoms with Gasteiger partial charge in [0.1, 0.15) is 16.5 Å². The van der Waals surface area contributed by atoms with Crippen molar-refractivity contribution in [2.24, 2.45) is 0 Å². The second kappa shape index (κ2) is 5.29. The molecular weight excluding hydrogens is 384 g/mol. The van der Waals surface area contributed by atoms with E-state index in [0.29, 0.717) is 9.26 Å². The molecule has 1 aromatic heterocycles. The zero-order chi connectivity index (χ0) is 14.0. The Balaban J connectivity index is 2.33. The third-order valence-corrected chi connectivity index (χ3v) is 4.49. The minimum atomic E-state index is -3.76. The molecule has 0 fully saturated rings. The van der Waals surface area contributed by atoms with Crippen molar-refractivity contribution in [3.63, 3.8) is 0 Å². The van der Waals surface area contributed by atoms with Gasteiger partial charge in [-0.15, -0.1) is 0 Å². The van der Waals surface area contributed by atoms with Crippen molar-refractivity contribution in [2.45, 2.75) is 4.90 Å². The molecule has 0 aliphatic carbocycles. The van der Waals surface area contributed by atoms with Crippen LogP contribution in [0.4, 0.5) is 15.9 Å². The zero-order valence-corrected chi connectivity index (χ0v) is 12.4. The van der Waals surface area contributed by atoms with Gasteiger partial charge in [0.2, 0.25) is 0 Å². The number of aromatic nitrogens is 1. The van der Waals surface area contributed by atoms with Gasteiger partial charge in [-0.3, -0.25) is 4.72 Å². The molecule has 0 spiro atoms. The van der Waals surface area contributed by atoms with Gasteiger partial charge in [0.25, 0.3) is 10.0 Å². The minimum absolute atomic E-state index is 0.0122. The molecular formula is C11H9FIN3O2S. The lowest BCUT2D eigenvalue weighted by Crippen LogP contribution is -2.14. The summed E-state index contributed by atoms with van der Waals surface area (Å²) in [5.74, 6) is -0.197. The molecule has 0 saturated carbocycles. The summed E-state index contributed by atoms with van der Waals surface area (Å²) in [6.45, 7) is 0. The highest BCUT2D eigenvalue weighted by molar-refractivity contribution is 14.1. The largest absolute Gasteiger partial charge is 0.384 e. The van der Waals surface area contributed by atoms with Crippen molar-refractivity contribution >= 4 is 44.1 Å². The normalized spacial score (nSPS) is 11.3. The first kappa shape index (κ1) is 14.0. The number of halogens is 2. The Labute approximate surface area is 123 Å². The third-order valence-electron chi connectivity index (χ3n) is 2.24. The van der Waals surface area contributed by atoms with Gasteiger partial charge in [0.15, 0.2) is 0 Å². The molecule has 0 aliphatic heterocycles. The molecule has 1 heterocycles. The molecule has 0 atom stereocenters. The van der Waals surface area contributed by atoms with Crippen LogP contribution in [-0.4, -0.2) is 13.4 Å². The maximum atomic E-state index is 12.9. The lowest BCUT2D eigenvalue weighted by atomic mass is 10.3. The fraction of sp³-hybridized carbons (Fsp3) is 0. The van der Waals surface area contributed by atoms with Crippen LogP contribution in [0.5, 0.6) is 0 Å². The Morgan fingerprint density at radius 3 is 2.58 bits per heavy atom. The van der Waals surface area contributed by atoms with Gasteiger partial charge in [-0.1, -0.05) is 0 Å². The fourth-order valence-electron chi connectivity index (χ4n) is 1.33. The van der Waals surface area contributed by atoms with Gasteiger partial charge in [-0.05, 0) is 52.9 Å². The van der Waals surface area contributed by atoms with Crippen molar-refractivity contribution in [3.8, 4) is 0 Å². The molecule has 100 valence electrons. The number of pyridine rings is 1. The maximum Gasteiger partial charge on any atom is 0.263 e. The molecule has 3 N–H and O–H groups in total. The molecule has 19 heavy (non-hydrogen) atoms. The van der Waals surface area contributed by atoms with Crippen LogP contribution < -0.4 is 10.5 Å². The molecule has 8 heteroatoms. The number of hydrogen-bond donors (Lipinski definition) is 2. The molecule has 0 radical (unpaired) electrons. The van der Waals surface area contributed by atoms with Crippen LogP contribution >= 0.6 is 22.6 Å². The maximum absolute atomic E-state index is 12.9. The Hall–Kier alpha value is -1.42. The van der Waals surface area contributed by atoms with Gasteiger partial charge in [-0.25, -0.2) is 17.8 Å². The van der Waals surface area contributed by atoms with Crippen LogP contribution in [0, 0.1) is 9.39 Å². The van der Waals surface area contributed by atoms with E-state index in [-0.39, 0.29) is 10.7 Å². The van der Waals surface area contributed by atoms with E-state index < -0.39 is 15.8 Å². The predicted molar refractivity (Wildman–Crippen MR) is 78.6 cm³/mol. The highest BCUT2D eigenvalue weighted by Gasteiger charge is 2.16. The summed E-state index contributed by atoms with van der Waals surface area (Å²) in [7, 11) is -3.76. The molecule has 0 unspecified atom stereocenters. The summed E-state index contributed by atoms with van der Waals surface area (Å²) in [5, 5.41) is 0. The Morgan fingerprint density at radius 2 is 2.00 bits per heavy atom. The summed E-state index contributed by atoms with van der Waals surface area (Å²) >= 11 is 1.85. The SMILES string of the molecule is Nc1ccc(S(=O)(=O)Nc2ccc(F)cc2I)cn1. The molecule has 0 aliphatic rings. The third kappa shape index (κ3) is 3.32. The van der Waals surface area contributed by atoms with Crippen molar-refractivity contribution < 1.29 is 12.8 Å². The zero-order valence-electron chi connectivity index (χ0n) is 9.47. The first-order valence-corrected chi connectivity index (χ1v) is 7.64. The van der Waals surface area contributed by atoms with Crippen LogP contribution in [0.25, 0.3) is 0 Å². The highest BCUT2D eigenvalue weighted by atomic mass is 127. The molecule has 2 rings (SSSR count). The van der Waals surface area contributed by atoms with Crippen LogP contribution in [0.1, 0.15) is 0 Å². The lowest BCUT2D eigenvalue weighted by molar-refractivity contribution is 0.600. The van der Waals surface area contributed by atoms with Crippen molar-refractivity contribution in [1.29, 1.82) is 0 Å². The first-order chi connectivity index (χ1) is 8.88. The summed E-state index contributed by atoms with van der Waals surface area (Å²) in [6.07, 6.45) is 1.16. The van der Waals surface area contributed by atoms with E-state index in [4.69, 9.17) is 5.73 Å². The van der Waals surface area contributed by atoms with Crippen molar-refractivity contribution in [1.82, 2.24) is 4.98 Å². The van der Waals surface area contributed by atoms with Crippen LogP contribution in [0.3, 0.4) is 0 Å². The second-order valence-corrected chi connectivity index (χ2v) is 6.49. The van der Waals surface area contributed by atoms with Gasteiger partial charge >= 0.3 is 0 Å². The molecule has 5 nitrogen and oxygen atoms in total. The molecule has 0 amide bonds. The summed E-state index contributed by atoms with van der Waals surface area (Å²) in [4.78, 5) is 3.71. The average Bonchev–Trinajstić information content (AvgIpc) is 2.33. The highest BCUT2D eigenvalue weighted by Crippen LogP contribution is 2.22. The van der Waals surface area contributed by atoms with E-state index in [1.54, 1.807) is 0 Å². The topological polar surface area (TPSA) is 85.1 Å². The Kier molecular flexibility index (Phi) is 3.90. The number of nitrogens with two attached hydrogens (primary N) is 1. The molecule has 0 bridgehead atoms. The fourth-order valence-corrected chi connectivity index (χ4v) is 3.15. The number of benzene rings is 1. The van der Waals surface area contributed by atoms with E-state index in [0.717, 1.165) is 6.20 Å². The first-order valence-electron chi connectivity index (χ1n) is 5.08. The number of anilines is 2. The predicted octanol–water partition coefficient (Wildman–Crippen LogP) is 2.21. The Bertz CT molecular complexity index is 704. The standard InChI is InChI=1S/C11H9FIN3O2S/c12-7-1-3-10(9(13)5-7)16-19(17,18)8-2-4-11(14)15-6-8/h1-6,16H,(H2,14,15). The van der Waals surface area contributed by atoms with Crippen LogP contribution in [-0.2, 0) is 10.0 Å². The van der Waals surface area contributed by atoms with Gasteiger partial charge < -0.3 is 5.73 Å². The summed E-state index contributed by atoms with van der Waals surface area (Å²) in [5.41, 5.74) is 5.70. The number of rotatable bonds is 3. The molecule has 0 saturated heterocycles. The van der Waals surface area contributed by atoms with E-state index >= 15 is 0 Å². The molecule has 2 aromatic rings. The van der Waals surface area contributed by atoms with Gasteiger partial charge in [0, 0.05) is 9.77 Å². The van der Waals surface area contributed by atoms with Gasteiger partial charge in [0.05, 0.1) is 5.69 Å². The summed E-state index contributed by atoms with van der Waals surface area (Å²) in [6, 6.07) is 6.52. The number of nitrogens with one attached hydrogen (secondary N) is 1. The number of nitrogens with zero attached hydrogens (tertiary/aromatic N) is 1. The van der Waals surface area contributed by atoms with E-state index in [9.17, 15) is 12.8 Å². The molecule has 1 aromatic carbocycles. The second-order valence-electron chi connectivity index (χ2n) is 3.65. The van der Waals surface area contributed by atoms with E-state index in [2.05, 4.69) is 9.71 Å².